The molecule has 0 bridgehead atoms. The maximum Gasteiger partial charge on any atom is 0.152 e. The topological polar surface area (TPSA) is 53.6 Å². The summed E-state index contributed by atoms with van der Waals surface area (Å²) in [7, 11) is 0. The smallest absolute Gasteiger partial charge is 0.152 e. The van der Waals surface area contributed by atoms with Crippen molar-refractivity contribution in [3.63, 3.8) is 0 Å². The molecule has 19 heavy (non-hydrogen) atoms. The average Bonchev–Trinajstić information content (AvgIpc) is 3.12. The predicted octanol–water partition coefficient (Wildman–Crippen LogP) is 2.05. The molecular weight excluding hydrogens is 236 g/mol. The Hall–Kier alpha value is -2.12. The normalized spacial score (nSPS) is 17.6. The Morgan fingerprint density at radius 3 is 2.68 bits per heavy atom. The molecule has 1 N–H and O–H groups in total. The van der Waals surface area contributed by atoms with Crippen molar-refractivity contribution in [3.8, 4) is 6.07 Å². The molecule has 0 spiro atoms. The lowest BCUT2D eigenvalue weighted by Crippen LogP contribution is -2.46. The van der Waals surface area contributed by atoms with Crippen LogP contribution in [0.5, 0.6) is 0 Å². The van der Waals surface area contributed by atoms with Crippen molar-refractivity contribution in [1.82, 2.24) is 15.1 Å². The lowest BCUT2D eigenvalue weighted by atomic mass is 9.91. The summed E-state index contributed by atoms with van der Waals surface area (Å²) in [6, 6.07) is 14.7. The van der Waals surface area contributed by atoms with Gasteiger partial charge in [-0.15, -0.1) is 0 Å². The Bertz CT molecular complexity index is 566. The number of rotatable bonds is 5. The molecule has 1 aromatic heterocycles. The third-order valence-corrected chi connectivity index (χ3v) is 3.44. The zero-order valence-corrected chi connectivity index (χ0v) is 10.7. The van der Waals surface area contributed by atoms with Gasteiger partial charge in [0.05, 0.1) is 12.6 Å². The summed E-state index contributed by atoms with van der Waals surface area (Å²) in [6.07, 6.45) is 5.93. The number of hydrogen-bond acceptors (Lipinski definition) is 3. The first-order chi connectivity index (χ1) is 9.32. The largest absolute Gasteiger partial charge is 0.291 e. The molecular formula is C15H16N4. The second-order valence-electron chi connectivity index (χ2n) is 5.01. The summed E-state index contributed by atoms with van der Waals surface area (Å²) in [5.74, 6) is 0. The first-order valence-electron chi connectivity index (χ1n) is 6.54. The molecule has 1 aliphatic carbocycles. The fourth-order valence-electron chi connectivity index (χ4n) is 2.29. The fourth-order valence-corrected chi connectivity index (χ4v) is 2.29. The van der Waals surface area contributed by atoms with Crippen molar-refractivity contribution in [1.29, 1.82) is 5.26 Å². The summed E-state index contributed by atoms with van der Waals surface area (Å²) >= 11 is 0. The molecule has 1 unspecified atom stereocenters. The van der Waals surface area contributed by atoms with Crippen LogP contribution in [0.4, 0.5) is 0 Å². The SMILES string of the molecule is N#CC(Cn1cccn1)(NC1CC1)c1ccccc1. The van der Waals surface area contributed by atoms with Crippen molar-refractivity contribution in [2.75, 3.05) is 0 Å². The number of hydrogen-bond donors (Lipinski definition) is 1. The number of nitrogens with one attached hydrogen (secondary N) is 1. The van der Waals surface area contributed by atoms with Crippen LogP contribution in [-0.4, -0.2) is 15.8 Å². The van der Waals surface area contributed by atoms with E-state index in [1.165, 1.54) is 0 Å². The summed E-state index contributed by atoms with van der Waals surface area (Å²) in [5.41, 5.74) is 0.300. The molecule has 1 atom stereocenters. The van der Waals surface area contributed by atoms with Gasteiger partial charge in [0, 0.05) is 18.4 Å². The Kier molecular flexibility index (Phi) is 3.06. The molecule has 4 nitrogen and oxygen atoms in total. The van der Waals surface area contributed by atoms with Crippen LogP contribution >= 0.6 is 0 Å². The van der Waals surface area contributed by atoms with Gasteiger partial charge in [0.15, 0.2) is 5.54 Å². The summed E-state index contributed by atoms with van der Waals surface area (Å²) in [4.78, 5) is 0. The third-order valence-electron chi connectivity index (χ3n) is 3.44. The van der Waals surface area contributed by atoms with E-state index in [0.29, 0.717) is 12.6 Å². The van der Waals surface area contributed by atoms with E-state index >= 15 is 0 Å². The van der Waals surface area contributed by atoms with E-state index in [2.05, 4.69) is 16.5 Å². The molecule has 0 aliphatic heterocycles. The van der Waals surface area contributed by atoms with E-state index in [1.54, 1.807) is 6.20 Å². The van der Waals surface area contributed by atoms with Gasteiger partial charge in [0.1, 0.15) is 0 Å². The van der Waals surface area contributed by atoms with Crippen LogP contribution in [0.25, 0.3) is 0 Å². The van der Waals surface area contributed by atoms with E-state index in [4.69, 9.17) is 0 Å². The molecule has 1 aliphatic rings. The highest BCUT2D eigenvalue weighted by atomic mass is 15.3. The van der Waals surface area contributed by atoms with E-state index in [-0.39, 0.29) is 0 Å². The third kappa shape index (κ3) is 2.51. The van der Waals surface area contributed by atoms with Gasteiger partial charge in [-0.3, -0.25) is 10.00 Å². The van der Waals surface area contributed by atoms with Crippen LogP contribution in [0.2, 0.25) is 0 Å². The second-order valence-corrected chi connectivity index (χ2v) is 5.01. The molecule has 0 amide bonds. The van der Waals surface area contributed by atoms with E-state index in [0.717, 1.165) is 18.4 Å². The van der Waals surface area contributed by atoms with Crippen LogP contribution in [0.15, 0.2) is 48.8 Å². The Morgan fingerprint density at radius 2 is 2.11 bits per heavy atom. The van der Waals surface area contributed by atoms with Gasteiger partial charge in [-0.05, 0) is 24.5 Å². The first-order valence-corrected chi connectivity index (χ1v) is 6.54. The Labute approximate surface area is 112 Å². The molecule has 1 aromatic carbocycles. The number of aromatic nitrogens is 2. The lowest BCUT2D eigenvalue weighted by Gasteiger charge is -2.28. The highest BCUT2D eigenvalue weighted by molar-refractivity contribution is 5.32. The highest BCUT2D eigenvalue weighted by Gasteiger charge is 2.38. The van der Waals surface area contributed by atoms with Crippen LogP contribution in [-0.2, 0) is 12.1 Å². The molecule has 0 radical (unpaired) electrons. The van der Waals surface area contributed by atoms with E-state index in [9.17, 15) is 5.26 Å². The maximum absolute atomic E-state index is 9.75. The first kappa shape index (κ1) is 11.9. The molecule has 0 saturated heterocycles. The van der Waals surface area contributed by atoms with Gasteiger partial charge in [0.25, 0.3) is 0 Å². The minimum absolute atomic E-state index is 0.454. The monoisotopic (exact) mass is 252 g/mol. The van der Waals surface area contributed by atoms with E-state index in [1.807, 2.05) is 47.3 Å². The van der Waals surface area contributed by atoms with Gasteiger partial charge in [-0.1, -0.05) is 30.3 Å². The summed E-state index contributed by atoms with van der Waals surface area (Å²) < 4.78 is 1.81. The maximum atomic E-state index is 9.75. The molecule has 1 heterocycles. The van der Waals surface area contributed by atoms with Gasteiger partial charge in [-0.25, -0.2) is 0 Å². The van der Waals surface area contributed by atoms with Crippen LogP contribution in [0.1, 0.15) is 18.4 Å². The van der Waals surface area contributed by atoms with Gasteiger partial charge in [-0.2, -0.15) is 10.4 Å². The van der Waals surface area contributed by atoms with Gasteiger partial charge in [0.2, 0.25) is 0 Å². The standard InChI is InChI=1S/C15H16N4/c16-11-15(18-14-7-8-14,12-19-10-4-9-17-19)13-5-2-1-3-6-13/h1-6,9-10,14,18H,7-8,12H2. The van der Waals surface area contributed by atoms with Crippen molar-refractivity contribution >= 4 is 0 Å². The van der Waals surface area contributed by atoms with E-state index < -0.39 is 5.54 Å². The summed E-state index contributed by atoms with van der Waals surface area (Å²) in [6.45, 7) is 0.525. The van der Waals surface area contributed by atoms with Gasteiger partial charge < -0.3 is 0 Å². The highest BCUT2D eigenvalue weighted by Crippen LogP contribution is 2.29. The van der Waals surface area contributed by atoms with Crippen LogP contribution in [0, 0.1) is 11.3 Å². The minimum Gasteiger partial charge on any atom is -0.291 e. The van der Waals surface area contributed by atoms with Crippen molar-refractivity contribution in [2.45, 2.75) is 31.0 Å². The van der Waals surface area contributed by atoms with Crippen molar-refractivity contribution in [2.24, 2.45) is 0 Å². The quantitative estimate of drug-likeness (QED) is 0.886. The van der Waals surface area contributed by atoms with Crippen LogP contribution < -0.4 is 5.32 Å². The number of nitrogens with zero attached hydrogens (tertiary/aromatic N) is 3. The molecule has 96 valence electrons. The fraction of sp³-hybridized carbons (Fsp3) is 0.333. The molecule has 2 aromatic rings. The lowest BCUT2D eigenvalue weighted by molar-refractivity contribution is 0.348. The average molecular weight is 252 g/mol. The molecule has 1 fully saturated rings. The zero-order chi connectivity index (χ0) is 13.1. The predicted molar refractivity (Wildman–Crippen MR) is 72.1 cm³/mol. The second kappa shape index (κ2) is 4.87. The van der Waals surface area contributed by atoms with Crippen LogP contribution in [0.3, 0.4) is 0 Å². The number of nitriles is 1. The minimum atomic E-state index is -0.700. The zero-order valence-electron chi connectivity index (χ0n) is 10.7. The molecule has 3 rings (SSSR count). The van der Waals surface area contributed by atoms with Crippen molar-refractivity contribution in [3.05, 3.63) is 54.4 Å². The Morgan fingerprint density at radius 1 is 1.32 bits per heavy atom. The molecule has 1 saturated carbocycles. The summed E-state index contributed by atoms with van der Waals surface area (Å²) in [5, 5.41) is 17.5. The van der Waals surface area contributed by atoms with Gasteiger partial charge >= 0.3 is 0 Å². The Balaban J connectivity index is 1.95. The molecule has 4 heteroatoms. The number of benzene rings is 1. The van der Waals surface area contributed by atoms with Crippen molar-refractivity contribution < 1.29 is 0 Å².